The largest absolute Gasteiger partial charge is 0.317 e. The minimum atomic E-state index is 0.554. The van der Waals surface area contributed by atoms with Crippen molar-refractivity contribution in [3.8, 4) is 0 Å². The Balaban J connectivity index is 1.91. The molecule has 2 heterocycles. The van der Waals surface area contributed by atoms with Gasteiger partial charge < -0.3 is 5.32 Å². The van der Waals surface area contributed by atoms with Crippen LogP contribution in [0.2, 0.25) is 0 Å². The second kappa shape index (κ2) is 7.06. The third-order valence-corrected chi connectivity index (χ3v) is 4.32. The van der Waals surface area contributed by atoms with Crippen LogP contribution in [0.15, 0.2) is 12.3 Å². The summed E-state index contributed by atoms with van der Waals surface area (Å²) in [6.45, 7) is 7.74. The number of hydrogen-bond acceptors (Lipinski definition) is 3. The van der Waals surface area contributed by atoms with Gasteiger partial charge in [-0.1, -0.05) is 13.8 Å². The van der Waals surface area contributed by atoms with Crippen molar-refractivity contribution in [2.24, 2.45) is 0 Å². The van der Waals surface area contributed by atoms with E-state index in [4.69, 9.17) is 5.10 Å². The highest BCUT2D eigenvalue weighted by atomic mass is 15.3. The van der Waals surface area contributed by atoms with E-state index < -0.39 is 0 Å². The zero-order chi connectivity index (χ0) is 13.7. The van der Waals surface area contributed by atoms with Gasteiger partial charge in [-0.2, -0.15) is 5.10 Å². The molecule has 0 amide bonds. The van der Waals surface area contributed by atoms with Gasteiger partial charge in [0.25, 0.3) is 0 Å². The molecule has 1 aromatic heterocycles. The van der Waals surface area contributed by atoms with Crippen LogP contribution in [0.25, 0.3) is 0 Å². The average molecular weight is 264 g/mol. The van der Waals surface area contributed by atoms with Gasteiger partial charge in [0.15, 0.2) is 0 Å². The second-order valence-electron chi connectivity index (χ2n) is 5.65. The molecule has 0 aromatic carbocycles. The molecule has 1 N–H and O–H groups in total. The monoisotopic (exact) mass is 264 g/mol. The first-order valence-corrected chi connectivity index (χ1v) is 7.69. The molecule has 1 saturated heterocycles. The molecule has 0 unspecified atom stereocenters. The van der Waals surface area contributed by atoms with E-state index in [1.807, 2.05) is 0 Å². The zero-order valence-corrected chi connectivity index (χ0v) is 12.6. The number of nitrogens with one attached hydrogen (secondary N) is 1. The summed E-state index contributed by atoms with van der Waals surface area (Å²) < 4.78 is 2.14. The maximum atomic E-state index is 4.75. The molecule has 1 aliphatic heterocycles. The minimum absolute atomic E-state index is 0.554. The number of piperidine rings is 1. The van der Waals surface area contributed by atoms with Crippen LogP contribution in [0.5, 0.6) is 0 Å². The van der Waals surface area contributed by atoms with Gasteiger partial charge in [-0.25, -0.2) is 0 Å². The molecule has 0 spiro atoms. The predicted octanol–water partition coefficient (Wildman–Crippen LogP) is 2.43. The maximum absolute atomic E-state index is 4.75. The Kier molecular flexibility index (Phi) is 5.40. The summed E-state index contributed by atoms with van der Waals surface area (Å²) in [7, 11) is 2.23. The van der Waals surface area contributed by atoms with Gasteiger partial charge in [-0.3, -0.25) is 9.58 Å². The summed E-state index contributed by atoms with van der Waals surface area (Å²) in [4.78, 5) is 2.46. The zero-order valence-electron chi connectivity index (χ0n) is 12.6. The van der Waals surface area contributed by atoms with E-state index in [0.29, 0.717) is 12.1 Å². The molecule has 0 radical (unpaired) electrons. The van der Waals surface area contributed by atoms with Crippen LogP contribution in [0.1, 0.15) is 51.3 Å². The summed E-state index contributed by atoms with van der Waals surface area (Å²) in [5.41, 5.74) is 1.20. The van der Waals surface area contributed by atoms with Crippen LogP contribution in [0, 0.1) is 0 Å². The summed E-state index contributed by atoms with van der Waals surface area (Å²) in [6.07, 6.45) is 6.96. The van der Waals surface area contributed by atoms with Crippen LogP contribution in [0.4, 0.5) is 0 Å². The highest BCUT2D eigenvalue weighted by Crippen LogP contribution is 2.16. The van der Waals surface area contributed by atoms with Crippen LogP contribution in [0.3, 0.4) is 0 Å². The van der Waals surface area contributed by atoms with Crippen LogP contribution in [-0.4, -0.2) is 40.9 Å². The molecule has 4 heteroatoms. The van der Waals surface area contributed by atoms with Gasteiger partial charge >= 0.3 is 0 Å². The highest BCUT2D eigenvalue weighted by molar-refractivity contribution is 5.00. The van der Waals surface area contributed by atoms with E-state index in [1.165, 1.54) is 18.5 Å². The standard InChI is InChI=1S/C15H28N4/c1-4-14(5-2)19-11-8-13(17-19)12-18(3)15-6-9-16-10-7-15/h8,11,14-16H,4-7,9-10,12H2,1-3H3. The van der Waals surface area contributed by atoms with Gasteiger partial charge in [-0.15, -0.1) is 0 Å². The normalized spacial score (nSPS) is 17.5. The molecule has 1 fully saturated rings. The topological polar surface area (TPSA) is 33.1 Å². The van der Waals surface area contributed by atoms with Gasteiger partial charge in [0.05, 0.1) is 11.7 Å². The van der Waals surface area contributed by atoms with Crippen molar-refractivity contribution in [1.82, 2.24) is 20.0 Å². The van der Waals surface area contributed by atoms with Crippen molar-refractivity contribution in [2.45, 2.75) is 58.2 Å². The van der Waals surface area contributed by atoms with Crippen LogP contribution < -0.4 is 5.32 Å². The molecule has 1 aromatic rings. The Hall–Kier alpha value is -0.870. The van der Waals surface area contributed by atoms with E-state index in [2.05, 4.69) is 48.1 Å². The maximum Gasteiger partial charge on any atom is 0.0764 e. The van der Waals surface area contributed by atoms with E-state index in [1.54, 1.807) is 0 Å². The first-order chi connectivity index (χ1) is 9.24. The summed E-state index contributed by atoms with van der Waals surface area (Å²) in [5, 5.41) is 8.17. The van der Waals surface area contributed by atoms with Gasteiger partial charge in [0.1, 0.15) is 0 Å². The Morgan fingerprint density at radius 1 is 1.37 bits per heavy atom. The molecule has 108 valence electrons. The highest BCUT2D eigenvalue weighted by Gasteiger charge is 2.18. The molecular weight excluding hydrogens is 236 g/mol. The van der Waals surface area contributed by atoms with E-state index in [9.17, 15) is 0 Å². The quantitative estimate of drug-likeness (QED) is 0.856. The van der Waals surface area contributed by atoms with Crippen molar-refractivity contribution in [2.75, 3.05) is 20.1 Å². The molecule has 2 rings (SSSR count). The smallest absolute Gasteiger partial charge is 0.0764 e. The predicted molar refractivity (Wildman–Crippen MR) is 79.2 cm³/mol. The Morgan fingerprint density at radius 3 is 2.68 bits per heavy atom. The SMILES string of the molecule is CCC(CC)n1ccc(CN(C)C2CCNCC2)n1. The minimum Gasteiger partial charge on any atom is -0.317 e. The molecule has 0 saturated carbocycles. The third kappa shape index (κ3) is 3.80. The van der Waals surface area contributed by atoms with Crippen molar-refractivity contribution in [3.05, 3.63) is 18.0 Å². The fraction of sp³-hybridized carbons (Fsp3) is 0.800. The molecule has 4 nitrogen and oxygen atoms in total. The van der Waals surface area contributed by atoms with Crippen molar-refractivity contribution in [3.63, 3.8) is 0 Å². The molecule has 0 bridgehead atoms. The third-order valence-electron chi connectivity index (χ3n) is 4.32. The first-order valence-electron chi connectivity index (χ1n) is 7.69. The van der Waals surface area contributed by atoms with E-state index in [0.717, 1.165) is 32.5 Å². The second-order valence-corrected chi connectivity index (χ2v) is 5.65. The molecular formula is C15H28N4. The van der Waals surface area contributed by atoms with Gasteiger partial charge in [0, 0.05) is 18.8 Å². The number of nitrogens with zero attached hydrogens (tertiary/aromatic N) is 3. The number of hydrogen-bond donors (Lipinski definition) is 1. The van der Waals surface area contributed by atoms with Gasteiger partial charge in [-0.05, 0) is 51.9 Å². The van der Waals surface area contributed by atoms with E-state index in [-0.39, 0.29) is 0 Å². The summed E-state index contributed by atoms with van der Waals surface area (Å²) in [5.74, 6) is 0. The molecule has 19 heavy (non-hydrogen) atoms. The number of aromatic nitrogens is 2. The Morgan fingerprint density at radius 2 is 2.05 bits per heavy atom. The Labute approximate surface area is 117 Å². The molecule has 0 aliphatic carbocycles. The van der Waals surface area contributed by atoms with Crippen molar-refractivity contribution in [1.29, 1.82) is 0 Å². The fourth-order valence-corrected chi connectivity index (χ4v) is 2.96. The molecule has 0 atom stereocenters. The average Bonchev–Trinajstić information content (AvgIpc) is 2.89. The summed E-state index contributed by atoms with van der Waals surface area (Å²) in [6, 6.07) is 3.44. The van der Waals surface area contributed by atoms with Crippen LogP contribution in [-0.2, 0) is 6.54 Å². The van der Waals surface area contributed by atoms with Gasteiger partial charge in [0.2, 0.25) is 0 Å². The number of rotatable bonds is 6. The van der Waals surface area contributed by atoms with Crippen LogP contribution >= 0.6 is 0 Å². The Bertz CT molecular complexity index is 364. The van der Waals surface area contributed by atoms with Crippen molar-refractivity contribution < 1.29 is 0 Å². The first kappa shape index (κ1) is 14.5. The lowest BCUT2D eigenvalue weighted by Crippen LogP contribution is -2.40. The fourth-order valence-electron chi connectivity index (χ4n) is 2.96. The lowest BCUT2D eigenvalue weighted by molar-refractivity contribution is 0.189. The molecule has 1 aliphatic rings. The van der Waals surface area contributed by atoms with Crippen molar-refractivity contribution >= 4 is 0 Å². The van der Waals surface area contributed by atoms with E-state index >= 15 is 0 Å². The lowest BCUT2D eigenvalue weighted by atomic mass is 10.1. The lowest BCUT2D eigenvalue weighted by Gasteiger charge is -2.31. The summed E-state index contributed by atoms with van der Waals surface area (Å²) >= 11 is 0.